The van der Waals surface area contributed by atoms with Crippen LogP contribution in [-0.4, -0.2) is 0 Å². The van der Waals surface area contributed by atoms with E-state index in [2.05, 4.69) is 13.2 Å². The lowest BCUT2D eigenvalue weighted by molar-refractivity contribution is 0.521. The molecular weight excluding hydrogens is 194 g/mol. The normalized spacial score (nSPS) is 14.3. The third kappa shape index (κ3) is 2.32. The van der Waals surface area contributed by atoms with Gasteiger partial charge in [-0.05, 0) is 24.6 Å². The molecule has 2 heteroatoms. The summed E-state index contributed by atoms with van der Waals surface area (Å²) >= 11 is 0. The summed E-state index contributed by atoms with van der Waals surface area (Å²) in [4.78, 5) is 0. The molecule has 0 aliphatic carbocycles. The van der Waals surface area contributed by atoms with Crippen molar-refractivity contribution in [2.75, 3.05) is 0 Å². The number of halogens is 2. The lowest BCUT2D eigenvalue weighted by Crippen LogP contribution is -2.19. The lowest BCUT2D eigenvalue weighted by Gasteiger charge is -2.25. The van der Waals surface area contributed by atoms with Crippen molar-refractivity contribution in [3.8, 4) is 0 Å². The zero-order chi connectivity index (χ0) is 11.5. The molecule has 0 amide bonds. The van der Waals surface area contributed by atoms with Crippen LogP contribution in [0, 0.1) is 11.6 Å². The van der Waals surface area contributed by atoms with Crippen LogP contribution < -0.4 is 0 Å². The summed E-state index contributed by atoms with van der Waals surface area (Å²) in [6.45, 7) is 9.07. The van der Waals surface area contributed by atoms with Crippen LogP contribution in [0.3, 0.4) is 0 Å². The molecule has 1 atom stereocenters. The Morgan fingerprint density at radius 3 is 2.53 bits per heavy atom. The Kier molecular flexibility index (Phi) is 3.40. The quantitative estimate of drug-likeness (QED) is 0.656. The van der Waals surface area contributed by atoms with E-state index in [9.17, 15) is 8.78 Å². The summed E-state index contributed by atoms with van der Waals surface area (Å²) in [5, 5.41) is 0. The Morgan fingerprint density at radius 1 is 1.33 bits per heavy atom. The SMILES string of the molecule is C=CCC(C)(C=C)c1cc(F)ccc1F. The van der Waals surface area contributed by atoms with E-state index in [4.69, 9.17) is 0 Å². The maximum Gasteiger partial charge on any atom is 0.127 e. The molecule has 1 aromatic carbocycles. The minimum absolute atomic E-state index is 0.317. The summed E-state index contributed by atoms with van der Waals surface area (Å²) in [5.41, 5.74) is -0.286. The van der Waals surface area contributed by atoms with Gasteiger partial charge in [0.15, 0.2) is 0 Å². The maximum atomic E-state index is 13.5. The first-order chi connectivity index (χ1) is 7.03. The largest absolute Gasteiger partial charge is 0.207 e. The average molecular weight is 208 g/mol. The monoisotopic (exact) mass is 208 g/mol. The molecule has 15 heavy (non-hydrogen) atoms. The molecular formula is C13H14F2. The topological polar surface area (TPSA) is 0 Å². The third-order valence-corrected chi connectivity index (χ3v) is 2.56. The highest BCUT2D eigenvalue weighted by atomic mass is 19.1. The van der Waals surface area contributed by atoms with Crippen molar-refractivity contribution in [1.82, 2.24) is 0 Å². The minimum atomic E-state index is -0.603. The van der Waals surface area contributed by atoms with Gasteiger partial charge in [0.2, 0.25) is 0 Å². The first-order valence-corrected chi connectivity index (χ1v) is 4.73. The Morgan fingerprint density at radius 2 is 2.00 bits per heavy atom. The van der Waals surface area contributed by atoms with Crippen LogP contribution in [0.4, 0.5) is 8.78 Å². The highest BCUT2D eigenvalue weighted by molar-refractivity contribution is 5.32. The second-order valence-corrected chi connectivity index (χ2v) is 3.74. The Labute approximate surface area is 88.9 Å². The van der Waals surface area contributed by atoms with Crippen molar-refractivity contribution in [2.24, 2.45) is 0 Å². The molecule has 0 saturated heterocycles. The van der Waals surface area contributed by atoms with Crippen molar-refractivity contribution in [2.45, 2.75) is 18.8 Å². The fourth-order valence-corrected chi connectivity index (χ4v) is 1.54. The number of rotatable bonds is 4. The van der Waals surface area contributed by atoms with Crippen LogP contribution in [0.5, 0.6) is 0 Å². The molecule has 0 aliphatic rings. The number of benzene rings is 1. The molecule has 1 aromatic rings. The van der Waals surface area contributed by atoms with Gasteiger partial charge in [0, 0.05) is 11.0 Å². The van der Waals surface area contributed by atoms with E-state index in [1.807, 2.05) is 0 Å². The van der Waals surface area contributed by atoms with Gasteiger partial charge in [0.25, 0.3) is 0 Å². The second kappa shape index (κ2) is 4.39. The molecule has 0 bridgehead atoms. The predicted octanol–water partition coefficient (Wildman–Crippen LogP) is 3.98. The highest BCUT2D eigenvalue weighted by Crippen LogP contribution is 2.31. The molecule has 0 N–H and O–H groups in total. The molecule has 0 fully saturated rings. The molecule has 0 radical (unpaired) electrons. The van der Waals surface area contributed by atoms with Crippen molar-refractivity contribution in [1.29, 1.82) is 0 Å². The number of allylic oxidation sites excluding steroid dienone is 2. The predicted molar refractivity (Wildman–Crippen MR) is 58.7 cm³/mol. The molecule has 0 aliphatic heterocycles. The van der Waals surface area contributed by atoms with Crippen molar-refractivity contribution < 1.29 is 8.78 Å². The summed E-state index contributed by atoms with van der Waals surface area (Å²) in [6.07, 6.45) is 3.81. The van der Waals surface area contributed by atoms with Crippen LogP contribution >= 0.6 is 0 Å². The summed E-state index contributed by atoms with van der Waals surface area (Å²) in [5.74, 6) is -0.857. The summed E-state index contributed by atoms with van der Waals surface area (Å²) in [7, 11) is 0. The minimum Gasteiger partial charge on any atom is -0.207 e. The van der Waals surface area contributed by atoms with E-state index >= 15 is 0 Å². The molecule has 0 aromatic heterocycles. The summed E-state index contributed by atoms with van der Waals surface area (Å²) < 4.78 is 26.6. The van der Waals surface area contributed by atoms with E-state index < -0.39 is 17.0 Å². The Bertz CT molecular complexity index is 382. The highest BCUT2D eigenvalue weighted by Gasteiger charge is 2.25. The Hall–Kier alpha value is -1.44. The molecule has 80 valence electrons. The smallest absolute Gasteiger partial charge is 0.127 e. The van der Waals surface area contributed by atoms with Crippen molar-refractivity contribution in [3.63, 3.8) is 0 Å². The molecule has 1 unspecified atom stereocenters. The second-order valence-electron chi connectivity index (χ2n) is 3.74. The van der Waals surface area contributed by atoms with Gasteiger partial charge in [-0.15, -0.1) is 13.2 Å². The van der Waals surface area contributed by atoms with E-state index in [0.717, 1.165) is 12.1 Å². The summed E-state index contributed by atoms with van der Waals surface area (Å²) in [6, 6.07) is 3.45. The molecule has 0 spiro atoms. The van der Waals surface area contributed by atoms with E-state index in [1.54, 1.807) is 19.1 Å². The molecule has 0 nitrogen and oxygen atoms in total. The van der Waals surface area contributed by atoms with Gasteiger partial charge >= 0.3 is 0 Å². The molecule has 0 saturated carbocycles. The maximum absolute atomic E-state index is 13.5. The van der Waals surface area contributed by atoms with Gasteiger partial charge in [-0.3, -0.25) is 0 Å². The first-order valence-electron chi connectivity index (χ1n) is 4.73. The van der Waals surface area contributed by atoms with Crippen LogP contribution in [0.25, 0.3) is 0 Å². The van der Waals surface area contributed by atoms with E-state index in [1.165, 1.54) is 6.07 Å². The zero-order valence-electron chi connectivity index (χ0n) is 8.76. The van der Waals surface area contributed by atoms with Gasteiger partial charge < -0.3 is 0 Å². The van der Waals surface area contributed by atoms with Gasteiger partial charge in [-0.1, -0.05) is 19.1 Å². The van der Waals surface area contributed by atoms with Crippen molar-refractivity contribution in [3.05, 3.63) is 60.7 Å². The van der Waals surface area contributed by atoms with Gasteiger partial charge in [-0.25, -0.2) is 8.78 Å². The fraction of sp³-hybridized carbons (Fsp3) is 0.231. The van der Waals surface area contributed by atoms with Crippen molar-refractivity contribution >= 4 is 0 Å². The number of hydrogen-bond acceptors (Lipinski definition) is 0. The Balaban J connectivity index is 3.27. The molecule has 0 heterocycles. The van der Waals surface area contributed by atoms with Crippen LogP contribution in [0.15, 0.2) is 43.5 Å². The van der Waals surface area contributed by atoms with Gasteiger partial charge in [0.1, 0.15) is 11.6 Å². The molecule has 1 rings (SSSR count). The third-order valence-electron chi connectivity index (χ3n) is 2.56. The standard InChI is InChI=1S/C13H14F2/c1-4-8-13(3,5-2)11-9-10(14)6-7-12(11)15/h4-7,9H,1-2,8H2,3H3. The van der Waals surface area contributed by atoms with Gasteiger partial charge in [-0.2, -0.15) is 0 Å². The van der Waals surface area contributed by atoms with E-state index in [0.29, 0.717) is 12.0 Å². The van der Waals surface area contributed by atoms with Gasteiger partial charge in [0.05, 0.1) is 0 Å². The number of hydrogen-bond donors (Lipinski definition) is 0. The van der Waals surface area contributed by atoms with Crippen LogP contribution in [-0.2, 0) is 5.41 Å². The first kappa shape index (κ1) is 11.6. The van der Waals surface area contributed by atoms with E-state index in [-0.39, 0.29) is 0 Å². The van der Waals surface area contributed by atoms with Crippen LogP contribution in [0.2, 0.25) is 0 Å². The average Bonchev–Trinajstić information content (AvgIpc) is 2.22. The lowest BCUT2D eigenvalue weighted by atomic mass is 9.79. The fourth-order valence-electron chi connectivity index (χ4n) is 1.54. The van der Waals surface area contributed by atoms with Crippen LogP contribution in [0.1, 0.15) is 18.9 Å². The zero-order valence-corrected chi connectivity index (χ0v) is 8.76.